The van der Waals surface area contributed by atoms with Gasteiger partial charge in [0.25, 0.3) is 0 Å². The molecule has 27 heavy (non-hydrogen) atoms. The monoisotopic (exact) mass is 358 g/mol. The molecule has 1 aliphatic rings. The van der Waals surface area contributed by atoms with Crippen LogP contribution in [0.15, 0.2) is 67.0 Å². The van der Waals surface area contributed by atoms with E-state index in [2.05, 4.69) is 48.9 Å². The van der Waals surface area contributed by atoms with Gasteiger partial charge in [-0.1, -0.05) is 36.4 Å². The fraction of sp³-hybridized carbons (Fsp3) is 0.273. The molecule has 3 heterocycles. The average molecular weight is 358 g/mol. The van der Waals surface area contributed by atoms with Crippen molar-refractivity contribution in [2.24, 2.45) is 0 Å². The fourth-order valence-electron chi connectivity index (χ4n) is 3.64. The van der Waals surface area contributed by atoms with E-state index in [9.17, 15) is 0 Å². The Kier molecular flexibility index (Phi) is 4.81. The number of hydrogen-bond acceptors (Lipinski definition) is 4. The summed E-state index contributed by atoms with van der Waals surface area (Å²) < 4.78 is 12.3. The van der Waals surface area contributed by atoms with Crippen molar-refractivity contribution in [3.63, 3.8) is 0 Å². The lowest BCUT2D eigenvalue weighted by Gasteiger charge is -2.38. The Balaban J connectivity index is 1.67. The molecule has 1 aromatic carbocycles. The van der Waals surface area contributed by atoms with Gasteiger partial charge in [-0.15, -0.1) is 0 Å². The summed E-state index contributed by atoms with van der Waals surface area (Å²) in [5, 5.41) is 0. The SMILES string of the molecule is CC1CC(C)(C)OB(c2ccccc2-c2ccc(-c3ccccn3)nc2)O1. The van der Waals surface area contributed by atoms with E-state index < -0.39 is 0 Å². The van der Waals surface area contributed by atoms with Gasteiger partial charge in [0.1, 0.15) is 0 Å². The summed E-state index contributed by atoms with van der Waals surface area (Å²) in [6.07, 6.45) is 4.70. The van der Waals surface area contributed by atoms with E-state index in [4.69, 9.17) is 9.31 Å². The highest BCUT2D eigenvalue weighted by Gasteiger charge is 2.39. The lowest BCUT2D eigenvalue weighted by Crippen LogP contribution is -2.52. The van der Waals surface area contributed by atoms with Crippen LogP contribution in [0.4, 0.5) is 0 Å². The molecule has 2 aromatic heterocycles. The molecule has 0 aliphatic carbocycles. The molecule has 1 unspecified atom stereocenters. The third-order valence-electron chi connectivity index (χ3n) is 4.78. The van der Waals surface area contributed by atoms with E-state index in [1.165, 1.54) is 0 Å². The van der Waals surface area contributed by atoms with Gasteiger partial charge >= 0.3 is 7.12 Å². The largest absolute Gasteiger partial charge is 0.495 e. The Morgan fingerprint density at radius 2 is 1.74 bits per heavy atom. The molecule has 1 saturated heterocycles. The highest BCUT2D eigenvalue weighted by molar-refractivity contribution is 6.63. The minimum absolute atomic E-state index is 0.150. The van der Waals surface area contributed by atoms with Gasteiger partial charge in [-0.3, -0.25) is 9.97 Å². The van der Waals surface area contributed by atoms with Gasteiger partial charge in [-0.25, -0.2) is 0 Å². The molecule has 0 bridgehead atoms. The molecule has 0 amide bonds. The molecule has 1 atom stereocenters. The first-order valence-corrected chi connectivity index (χ1v) is 9.32. The number of pyridine rings is 2. The predicted octanol–water partition coefficient (Wildman–Crippen LogP) is 4.11. The first kappa shape index (κ1) is 17.9. The van der Waals surface area contributed by atoms with E-state index in [0.717, 1.165) is 34.4 Å². The molecule has 5 heteroatoms. The molecule has 4 rings (SSSR count). The lowest BCUT2D eigenvalue weighted by molar-refractivity contribution is -0.0229. The second-order valence-corrected chi connectivity index (χ2v) is 7.59. The van der Waals surface area contributed by atoms with Crippen LogP contribution >= 0.6 is 0 Å². The summed E-state index contributed by atoms with van der Waals surface area (Å²) in [5.41, 5.74) is 4.66. The zero-order chi connectivity index (χ0) is 18.9. The summed E-state index contributed by atoms with van der Waals surface area (Å²) in [4.78, 5) is 8.98. The van der Waals surface area contributed by atoms with Crippen molar-refractivity contribution in [3.8, 4) is 22.5 Å². The number of nitrogens with zero attached hydrogens (tertiary/aromatic N) is 2. The van der Waals surface area contributed by atoms with Crippen LogP contribution < -0.4 is 5.46 Å². The molecular formula is C22H23BN2O2. The van der Waals surface area contributed by atoms with E-state index in [0.29, 0.717) is 0 Å². The van der Waals surface area contributed by atoms with Crippen LogP contribution in [0, 0.1) is 0 Å². The predicted molar refractivity (Wildman–Crippen MR) is 109 cm³/mol. The first-order chi connectivity index (χ1) is 13.0. The number of hydrogen-bond donors (Lipinski definition) is 0. The molecule has 4 nitrogen and oxygen atoms in total. The van der Waals surface area contributed by atoms with Gasteiger partial charge in [-0.05, 0) is 62.0 Å². The molecule has 1 aliphatic heterocycles. The van der Waals surface area contributed by atoms with E-state index in [1.54, 1.807) is 6.20 Å². The number of benzene rings is 1. The Labute approximate surface area is 160 Å². The lowest BCUT2D eigenvalue weighted by atomic mass is 9.71. The fourth-order valence-corrected chi connectivity index (χ4v) is 3.64. The third-order valence-corrected chi connectivity index (χ3v) is 4.78. The van der Waals surface area contributed by atoms with Crippen molar-refractivity contribution in [1.82, 2.24) is 9.97 Å². The zero-order valence-corrected chi connectivity index (χ0v) is 15.9. The molecule has 3 aromatic rings. The Bertz CT molecular complexity index is 913. The van der Waals surface area contributed by atoms with Crippen molar-refractivity contribution < 1.29 is 9.31 Å². The van der Waals surface area contributed by atoms with Gasteiger partial charge in [0.2, 0.25) is 0 Å². The normalized spacial score (nSPS) is 19.1. The molecule has 0 N–H and O–H groups in total. The van der Waals surface area contributed by atoms with Crippen molar-refractivity contribution in [2.45, 2.75) is 38.9 Å². The van der Waals surface area contributed by atoms with Crippen LogP contribution in [-0.2, 0) is 9.31 Å². The van der Waals surface area contributed by atoms with E-state index >= 15 is 0 Å². The Hall–Kier alpha value is -2.50. The summed E-state index contributed by atoms with van der Waals surface area (Å²) in [7, 11) is -0.379. The maximum absolute atomic E-state index is 6.23. The second-order valence-electron chi connectivity index (χ2n) is 7.59. The molecular weight excluding hydrogens is 335 g/mol. The zero-order valence-electron chi connectivity index (χ0n) is 15.9. The number of aromatic nitrogens is 2. The van der Waals surface area contributed by atoms with Crippen molar-refractivity contribution >= 4 is 12.6 Å². The molecule has 0 spiro atoms. The van der Waals surface area contributed by atoms with Crippen molar-refractivity contribution in [3.05, 3.63) is 67.0 Å². The number of rotatable bonds is 3. The van der Waals surface area contributed by atoms with Crippen LogP contribution in [-0.4, -0.2) is 28.8 Å². The molecule has 0 radical (unpaired) electrons. The van der Waals surface area contributed by atoms with E-state index in [1.807, 2.05) is 42.6 Å². The Morgan fingerprint density at radius 3 is 2.44 bits per heavy atom. The van der Waals surface area contributed by atoms with Crippen LogP contribution in [0.1, 0.15) is 27.2 Å². The third kappa shape index (κ3) is 3.94. The topological polar surface area (TPSA) is 44.2 Å². The Morgan fingerprint density at radius 1 is 0.963 bits per heavy atom. The quantitative estimate of drug-likeness (QED) is 0.661. The summed E-state index contributed by atoms with van der Waals surface area (Å²) in [6, 6.07) is 18.1. The maximum atomic E-state index is 6.23. The van der Waals surface area contributed by atoms with E-state index in [-0.39, 0.29) is 18.8 Å². The summed E-state index contributed by atoms with van der Waals surface area (Å²) in [5.74, 6) is 0. The highest BCUT2D eigenvalue weighted by atomic mass is 16.6. The van der Waals surface area contributed by atoms with Gasteiger partial charge in [-0.2, -0.15) is 0 Å². The van der Waals surface area contributed by atoms with Gasteiger partial charge in [0.05, 0.1) is 17.0 Å². The second kappa shape index (κ2) is 7.26. The highest BCUT2D eigenvalue weighted by Crippen LogP contribution is 2.28. The van der Waals surface area contributed by atoms with Crippen LogP contribution in [0.25, 0.3) is 22.5 Å². The van der Waals surface area contributed by atoms with Crippen LogP contribution in [0.3, 0.4) is 0 Å². The van der Waals surface area contributed by atoms with Gasteiger partial charge in [0, 0.05) is 18.5 Å². The van der Waals surface area contributed by atoms with Crippen molar-refractivity contribution in [1.29, 1.82) is 0 Å². The minimum atomic E-state index is -0.379. The average Bonchev–Trinajstić information content (AvgIpc) is 2.67. The summed E-state index contributed by atoms with van der Waals surface area (Å²) in [6.45, 7) is 6.33. The smallest absolute Gasteiger partial charge is 0.405 e. The van der Waals surface area contributed by atoms with Gasteiger partial charge < -0.3 is 9.31 Å². The maximum Gasteiger partial charge on any atom is 0.495 e. The first-order valence-electron chi connectivity index (χ1n) is 9.32. The van der Waals surface area contributed by atoms with Crippen molar-refractivity contribution in [2.75, 3.05) is 0 Å². The van der Waals surface area contributed by atoms with Gasteiger partial charge in [0.15, 0.2) is 0 Å². The molecule has 136 valence electrons. The summed E-state index contributed by atoms with van der Waals surface area (Å²) >= 11 is 0. The van der Waals surface area contributed by atoms with Crippen LogP contribution in [0.5, 0.6) is 0 Å². The molecule has 0 saturated carbocycles. The van der Waals surface area contributed by atoms with Crippen LogP contribution in [0.2, 0.25) is 0 Å². The minimum Gasteiger partial charge on any atom is -0.405 e. The standard InChI is InChI=1S/C22H23BN2O2/c1-16-14-22(2,3)27-23(26-16)19-9-5-4-8-18(19)17-11-12-21(25-15-17)20-10-6-7-13-24-20/h4-13,15-16H,14H2,1-3H3. The molecule has 1 fully saturated rings.